The molecule has 2 rings (SSSR count). The van der Waals surface area contributed by atoms with Crippen molar-refractivity contribution in [1.29, 1.82) is 0 Å². The standard InChI is InChI=1S/C16H26N2/c1-13(17-3)8-6-7-11-18-14(2)12-15-9-4-5-10-16(15)18/h4-5,9-10,13-14,17H,6-8,11-12H2,1-3H3. The number of rotatable bonds is 6. The first-order chi connectivity index (χ1) is 8.72. The highest BCUT2D eigenvalue weighted by atomic mass is 15.2. The highest BCUT2D eigenvalue weighted by Crippen LogP contribution is 2.31. The second-order valence-electron chi connectivity index (χ2n) is 5.56. The van der Waals surface area contributed by atoms with Gasteiger partial charge in [-0.05, 0) is 51.8 Å². The molecule has 2 nitrogen and oxygen atoms in total. The van der Waals surface area contributed by atoms with E-state index >= 15 is 0 Å². The first-order valence-electron chi connectivity index (χ1n) is 7.24. The van der Waals surface area contributed by atoms with Gasteiger partial charge in [0.2, 0.25) is 0 Å². The van der Waals surface area contributed by atoms with Gasteiger partial charge < -0.3 is 10.2 Å². The lowest BCUT2D eigenvalue weighted by molar-refractivity contribution is 0.520. The largest absolute Gasteiger partial charge is 0.368 e. The third kappa shape index (κ3) is 3.05. The molecule has 0 amide bonds. The SMILES string of the molecule is CNC(C)CCCCN1c2ccccc2CC1C. The molecule has 0 aromatic heterocycles. The Balaban J connectivity index is 1.83. The monoisotopic (exact) mass is 246 g/mol. The normalized spacial score (nSPS) is 19.9. The lowest BCUT2D eigenvalue weighted by Gasteiger charge is -2.25. The molecule has 0 saturated carbocycles. The maximum Gasteiger partial charge on any atom is 0.0402 e. The van der Waals surface area contributed by atoms with Crippen LogP contribution in [0.4, 0.5) is 5.69 Å². The molecule has 18 heavy (non-hydrogen) atoms. The van der Waals surface area contributed by atoms with Crippen LogP contribution >= 0.6 is 0 Å². The number of anilines is 1. The maximum absolute atomic E-state index is 3.30. The highest BCUT2D eigenvalue weighted by Gasteiger charge is 2.24. The Bertz CT molecular complexity index is 375. The molecule has 100 valence electrons. The van der Waals surface area contributed by atoms with Crippen molar-refractivity contribution in [2.75, 3.05) is 18.5 Å². The summed E-state index contributed by atoms with van der Waals surface area (Å²) in [6, 6.07) is 10.2. The van der Waals surface area contributed by atoms with E-state index in [9.17, 15) is 0 Å². The minimum atomic E-state index is 0.647. The van der Waals surface area contributed by atoms with Gasteiger partial charge in [0.25, 0.3) is 0 Å². The van der Waals surface area contributed by atoms with E-state index in [-0.39, 0.29) is 0 Å². The van der Waals surface area contributed by atoms with E-state index in [0.717, 1.165) is 0 Å². The minimum Gasteiger partial charge on any atom is -0.368 e. The van der Waals surface area contributed by atoms with Crippen molar-refractivity contribution in [1.82, 2.24) is 5.32 Å². The molecule has 1 aromatic rings. The molecule has 0 bridgehead atoms. The van der Waals surface area contributed by atoms with Crippen LogP contribution in [-0.4, -0.2) is 25.7 Å². The van der Waals surface area contributed by atoms with E-state index in [1.807, 2.05) is 7.05 Å². The number of benzene rings is 1. The van der Waals surface area contributed by atoms with Crippen molar-refractivity contribution in [3.05, 3.63) is 29.8 Å². The molecule has 2 unspecified atom stereocenters. The van der Waals surface area contributed by atoms with Crippen molar-refractivity contribution < 1.29 is 0 Å². The fourth-order valence-corrected chi connectivity index (χ4v) is 2.85. The van der Waals surface area contributed by atoms with Gasteiger partial charge in [0.15, 0.2) is 0 Å². The zero-order valence-corrected chi connectivity index (χ0v) is 11.9. The molecule has 0 saturated heterocycles. The number of fused-ring (bicyclic) bond motifs is 1. The Hall–Kier alpha value is -1.02. The van der Waals surface area contributed by atoms with E-state index < -0.39 is 0 Å². The highest BCUT2D eigenvalue weighted by molar-refractivity contribution is 5.59. The molecule has 0 spiro atoms. The van der Waals surface area contributed by atoms with Gasteiger partial charge in [0.05, 0.1) is 0 Å². The molecule has 1 aromatic carbocycles. The van der Waals surface area contributed by atoms with Crippen LogP contribution in [0.25, 0.3) is 0 Å². The van der Waals surface area contributed by atoms with Gasteiger partial charge >= 0.3 is 0 Å². The molecule has 1 aliphatic heterocycles. The van der Waals surface area contributed by atoms with Crippen LogP contribution in [0, 0.1) is 0 Å². The van der Waals surface area contributed by atoms with E-state index in [2.05, 4.69) is 48.3 Å². The molecule has 0 aliphatic carbocycles. The number of hydrogen-bond acceptors (Lipinski definition) is 2. The lowest BCUT2D eigenvalue weighted by Crippen LogP contribution is -2.30. The average molecular weight is 246 g/mol. The summed E-state index contributed by atoms with van der Waals surface area (Å²) in [4.78, 5) is 2.58. The summed E-state index contributed by atoms with van der Waals surface area (Å²) >= 11 is 0. The molecule has 2 atom stereocenters. The summed E-state index contributed by atoms with van der Waals surface area (Å²) in [5.41, 5.74) is 2.99. The molecule has 1 N–H and O–H groups in total. The molecule has 1 aliphatic rings. The second-order valence-corrected chi connectivity index (χ2v) is 5.56. The lowest BCUT2D eigenvalue weighted by atomic mass is 10.1. The molecule has 1 heterocycles. The van der Waals surface area contributed by atoms with Gasteiger partial charge in [-0.1, -0.05) is 24.6 Å². The third-order valence-corrected chi connectivity index (χ3v) is 4.13. The van der Waals surface area contributed by atoms with Crippen molar-refractivity contribution in [3.63, 3.8) is 0 Å². The number of unbranched alkanes of at least 4 members (excludes halogenated alkanes) is 1. The van der Waals surface area contributed by atoms with E-state index in [1.54, 1.807) is 0 Å². The van der Waals surface area contributed by atoms with Crippen LogP contribution in [0.1, 0.15) is 38.7 Å². The topological polar surface area (TPSA) is 15.3 Å². The Kier molecular flexibility index (Phi) is 4.65. The first kappa shape index (κ1) is 13.4. The number of nitrogens with one attached hydrogen (secondary N) is 1. The fourth-order valence-electron chi connectivity index (χ4n) is 2.85. The van der Waals surface area contributed by atoms with Gasteiger partial charge in [-0.25, -0.2) is 0 Å². The first-order valence-corrected chi connectivity index (χ1v) is 7.24. The number of nitrogens with zero attached hydrogens (tertiary/aromatic N) is 1. The summed E-state index contributed by atoms with van der Waals surface area (Å²) in [6.07, 6.45) is 5.10. The van der Waals surface area contributed by atoms with Crippen LogP contribution in [0.2, 0.25) is 0 Å². The molecular formula is C16H26N2. The molecule has 0 radical (unpaired) electrons. The van der Waals surface area contributed by atoms with E-state index in [1.165, 1.54) is 43.5 Å². The smallest absolute Gasteiger partial charge is 0.0402 e. The Morgan fingerprint density at radius 1 is 1.33 bits per heavy atom. The van der Waals surface area contributed by atoms with Crippen molar-refractivity contribution in [2.24, 2.45) is 0 Å². The van der Waals surface area contributed by atoms with E-state index in [4.69, 9.17) is 0 Å². The predicted octanol–water partition coefficient (Wildman–Crippen LogP) is 3.22. The Morgan fingerprint density at radius 3 is 2.89 bits per heavy atom. The van der Waals surface area contributed by atoms with Crippen LogP contribution in [0.15, 0.2) is 24.3 Å². The minimum absolute atomic E-state index is 0.647. The Labute approximate surface area is 111 Å². The second kappa shape index (κ2) is 6.24. The van der Waals surface area contributed by atoms with Gasteiger partial charge in [-0.2, -0.15) is 0 Å². The van der Waals surface area contributed by atoms with Crippen molar-refractivity contribution in [3.8, 4) is 0 Å². The summed E-state index contributed by atoms with van der Waals surface area (Å²) in [6.45, 7) is 5.80. The number of para-hydroxylation sites is 1. The quantitative estimate of drug-likeness (QED) is 0.775. The maximum atomic E-state index is 3.30. The third-order valence-electron chi connectivity index (χ3n) is 4.13. The van der Waals surface area contributed by atoms with E-state index in [0.29, 0.717) is 12.1 Å². The van der Waals surface area contributed by atoms with Gasteiger partial charge in [-0.15, -0.1) is 0 Å². The average Bonchev–Trinajstić information content (AvgIpc) is 2.70. The fraction of sp³-hybridized carbons (Fsp3) is 0.625. The molecular weight excluding hydrogens is 220 g/mol. The zero-order valence-electron chi connectivity index (χ0n) is 11.9. The van der Waals surface area contributed by atoms with Gasteiger partial charge in [0, 0.05) is 24.3 Å². The van der Waals surface area contributed by atoms with Crippen LogP contribution in [0.5, 0.6) is 0 Å². The van der Waals surface area contributed by atoms with Gasteiger partial charge in [-0.3, -0.25) is 0 Å². The summed E-state index contributed by atoms with van der Waals surface area (Å²) < 4.78 is 0. The summed E-state index contributed by atoms with van der Waals surface area (Å²) in [5, 5.41) is 3.30. The molecule has 0 fully saturated rings. The van der Waals surface area contributed by atoms with Gasteiger partial charge in [0.1, 0.15) is 0 Å². The summed E-state index contributed by atoms with van der Waals surface area (Å²) in [5.74, 6) is 0. The van der Waals surface area contributed by atoms with Crippen LogP contribution < -0.4 is 10.2 Å². The zero-order chi connectivity index (χ0) is 13.0. The van der Waals surface area contributed by atoms with Crippen LogP contribution in [-0.2, 0) is 6.42 Å². The van der Waals surface area contributed by atoms with Crippen molar-refractivity contribution >= 4 is 5.69 Å². The van der Waals surface area contributed by atoms with Crippen LogP contribution in [0.3, 0.4) is 0 Å². The predicted molar refractivity (Wildman–Crippen MR) is 79.3 cm³/mol. The Morgan fingerprint density at radius 2 is 2.11 bits per heavy atom. The summed E-state index contributed by atoms with van der Waals surface area (Å²) in [7, 11) is 2.05. The molecule has 2 heteroatoms. The number of hydrogen-bond donors (Lipinski definition) is 1. The van der Waals surface area contributed by atoms with Crippen molar-refractivity contribution in [2.45, 2.75) is 51.6 Å².